The van der Waals surface area contributed by atoms with Crippen LogP contribution in [0.25, 0.3) is 11.0 Å². The molecule has 7 heteroatoms. The summed E-state index contributed by atoms with van der Waals surface area (Å²) in [4.78, 5) is 12.2. The number of rotatable bonds is 4. The first-order chi connectivity index (χ1) is 11.9. The van der Waals surface area contributed by atoms with Gasteiger partial charge in [-0.25, -0.2) is 0 Å². The molecule has 0 atom stereocenters. The molecule has 0 fully saturated rings. The van der Waals surface area contributed by atoms with Crippen LogP contribution in [0.1, 0.15) is 21.7 Å². The second-order valence-electron chi connectivity index (χ2n) is 5.37. The number of carbonyl (C=O) groups is 1. The number of carbonyl (C=O) groups excluding carboxylic acids is 1. The Balaban J connectivity index is 1.75. The number of alkyl halides is 3. The van der Waals surface area contributed by atoms with E-state index < -0.39 is 17.6 Å². The molecular formula is C18H14F3NO3. The summed E-state index contributed by atoms with van der Waals surface area (Å²) in [6.07, 6.45) is -4.42. The van der Waals surface area contributed by atoms with Crippen LogP contribution in [0, 0.1) is 0 Å². The Morgan fingerprint density at radius 2 is 1.92 bits per heavy atom. The molecule has 2 aromatic carbocycles. The van der Waals surface area contributed by atoms with Gasteiger partial charge in [0.15, 0.2) is 17.1 Å². The van der Waals surface area contributed by atoms with E-state index >= 15 is 0 Å². The highest BCUT2D eigenvalue weighted by Gasteiger charge is 2.30. The van der Waals surface area contributed by atoms with Gasteiger partial charge in [0.2, 0.25) is 0 Å². The quantitative estimate of drug-likeness (QED) is 0.760. The molecule has 0 saturated carbocycles. The maximum absolute atomic E-state index is 12.7. The molecule has 0 saturated heterocycles. The van der Waals surface area contributed by atoms with Crippen LogP contribution in [0.2, 0.25) is 0 Å². The topological polar surface area (TPSA) is 51.5 Å². The lowest BCUT2D eigenvalue weighted by Crippen LogP contribution is -2.22. The fourth-order valence-corrected chi connectivity index (χ4v) is 2.44. The highest BCUT2D eigenvalue weighted by Crippen LogP contribution is 2.30. The Bertz CT molecular complexity index is 915. The molecule has 0 aliphatic heterocycles. The number of para-hydroxylation sites is 1. The molecule has 4 nitrogen and oxygen atoms in total. The van der Waals surface area contributed by atoms with Crippen molar-refractivity contribution < 1.29 is 27.1 Å². The van der Waals surface area contributed by atoms with Gasteiger partial charge in [0, 0.05) is 11.9 Å². The number of methoxy groups -OCH3 is 1. The summed E-state index contributed by atoms with van der Waals surface area (Å²) in [5, 5.41) is 3.25. The zero-order valence-electron chi connectivity index (χ0n) is 13.2. The predicted molar refractivity (Wildman–Crippen MR) is 85.4 cm³/mol. The number of fused-ring (bicyclic) bond motifs is 1. The maximum atomic E-state index is 12.7. The minimum atomic E-state index is -4.42. The second-order valence-corrected chi connectivity index (χ2v) is 5.37. The number of ether oxygens (including phenoxy) is 1. The summed E-state index contributed by atoms with van der Waals surface area (Å²) in [5.41, 5.74) is 0.0267. The van der Waals surface area contributed by atoms with Gasteiger partial charge in [0.1, 0.15) is 0 Å². The zero-order valence-corrected chi connectivity index (χ0v) is 13.2. The molecule has 1 amide bonds. The van der Waals surface area contributed by atoms with Crippen molar-refractivity contribution in [3.63, 3.8) is 0 Å². The second kappa shape index (κ2) is 6.51. The van der Waals surface area contributed by atoms with Crippen molar-refractivity contribution in [2.45, 2.75) is 12.7 Å². The first-order valence-corrected chi connectivity index (χ1v) is 7.39. The van der Waals surface area contributed by atoms with Crippen molar-refractivity contribution >= 4 is 16.9 Å². The van der Waals surface area contributed by atoms with E-state index in [4.69, 9.17) is 9.15 Å². The number of hydrogen-bond acceptors (Lipinski definition) is 3. The van der Waals surface area contributed by atoms with Crippen LogP contribution in [0.5, 0.6) is 5.75 Å². The summed E-state index contributed by atoms with van der Waals surface area (Å²) >= 11 is 0. The van der Waals surface area contributed by atoms with Crippen LogP contribution < -0.4 is 10.1 Å². The fraction of sp³-hybridized carbons (Fsp3) is 0.167. The minimum absolute atomic E-state index is 0.0447. The molecule has 1 N–H and O–H groups in total. The lowest BCUT2D eigenvalue weighted by molar-refractivity contribution is -0.137. The van der Waals surface area contributed by atoms with Gasteiger partial charge in [0.25, 0.3) is 5.91 Å². The third kappa shape index (κ3) is 3.60. The van der Waals surface area contributed by atoms with Crippen LogP contribution in [-0.2, 0) is 12.7 Å². The number of hydrogen-bond donors (Lipinski definition) is 1. The fourth-order valence-electron chi connectivity index (χ4n) is 2.44. The number of nitrogens with one attached hydrogen (secondary N) is 1. The Kier molecular flexibility index (Phi) is 4.39. The summed E-state index contributed by atoms with van der Waals surface area (Å²) in [6.45, 7) is -0.0447. The highest BCUT2D eigenvalue weighted by molar-refractivity contribution is 5.97. The lowest BCUT2D eigenvalue weighted by atomic mass is 10.1. The van der Waals surface area contributed by atoms with Crippen LogP contribution in [0.3, 0.4) is 0 Å². The Morgan fingerprint density at radius 3 is 2.64 bits per heavy atom. The monoisotopic (exact) mass is 349 g/mol. The van der Waals surface area contributed by atoms with Crippen LogP contribution >= 0.6 is 0 Å². The number of furan rings is 1. The zero-order chi connectivity index (χ0) is 18.0. The number of benzene rings is 2. The molecule has 0 aliphatic rings. The van der Waals surface area contributed by atoms with Gasteiger partial charge in [-0.3, -0.25) is 4.79 Å². The molecule has 1 heterocycles. The van der Waals surface area contributed by atoms with Crippen molar-refractivity contribution in [1.29, 1.82) is 0 Å². The Labute approximate surface area is 141 Å². The minimum Gasteiger partial charge on any atom is -0.493 e. The smallest absolute Gasteiger partial charge is 0.416 e. The standard InChI is InChI=1S/C18H14F3NO3/c1-24-14-7-3-5-12-9-15(25-16(12)14)17(23)22-10-11-4-2-6-13(8-11)18(19,20)21/h2-9H,10H2,1H3,(H,22,23). The van der Waals surface area contributed by atoms with Crippen LogP contribution in [0.15, 0.2) is 52.9 Å². The molecule has 0 radical (unpaired) electrons. The van der Waals surface area contributed by atoms with Crippen LogP contribution in [0.4, 0.5) is 13.2 Å². The van der Waals surface area contributed by atoms with Gasteiger partial charge in [-0.1, -0.05) is 24.3 Å². The van der Waals surface area contributed by atoms with Gasteiger partial charge in [-0.15, -0.1) is 0 Å². The van der Waals surface area contributed by atoms with E-state index in [0.29, 0.717) is 22.3 Å². The van der Waals surface area contributed by atoms with E-state index in [2.05, 4.69) is 5.32 Å². The molecular weight excluding hydrogens is 335 g/mol. The molecule has 3 aromatic rings. The van der Waals surface area contributed by atoms with E-state index in [-0.39, 0.29) is 12.3 Å². The van der Waals surface area contributed by atoms with Gasteiger partial charge in [0.05, 0.1) is 12.7 Å². The van der Waals surface area contributed by atoms with E-state index in [9.17, 15) is 18.0 Å². The van der Waals surface area contributed by atoms with E-state index in [1.165, 1.54) is 19.2 Å². The largest absolute Gasteiger partial charge is 0.493 e. The summed E-state index contributed by atoms with van der Waals surface area (Å²) in [5.74, 6) is 0.0385. The third-order valence-electron chi connectivity index (χ3n) is 3.66. The van der Waals surface area contributed by atoms with Crippen molar-refractivity contribution in [3.05, 3.63) is 65.4 Å². The Hall–Kier alpha value is -2.96. The van der Waals surface area contributed by atoms with Gasteiger partial charge in [-0.05, 0) is 29.8 Å². The molecule has 0 unspecified atom stereocenters. The van der Waals surface area contributed by atoms with E-state index in [0.717, 1.165) is 12.1 Å². The van der Waals surface area contributed by atoms with E-state index in [1.54, 1.807) is 24.3 Å². The molecule has 1 aromatic heterocycles. The summed E-state index contributed by atoms with van der Waals surface area (Å²) < 4.78 is 48.8. The van der Waals surface area contributed by atoms with Crippen molar-refractivity contribution in [2.24, 2.45) is 0 Å². The first kappa shape index (κ1) is 16.9. The van der Waals surface area contributed by atoms with Crippen LogP contribution in [-0.4, -0.2) is 13.0 Å². The highest BCUT2D eigenvalue weighted by atomic mass is 19.4. The number of halogens is 3. The third-order valence-corrected chi connectivity index (χ3v) is 3.66. The predicted octanol–water partition coefficient (Wildman–Crippen LogP) is 4.39. The number of amides is 1. The summed E-state index contributed by atoms with van der Waals surface area (Å²) in [7, 11) is 1.49. The SMILES string of the molecule is COc1cccc2cc(C(=O)NCc3cccc(C(F)(F)F)c3)oc12. The molecule has 3 rings (SSSR count). The normalized spacial score (nSPS) is 11.5. The van der Waals surface area contributed by atoms with Crippen molar-refractivity contribution in [2.75, 3.05) is 7.11 Å². The average Bonchev–Trinajstić information content (AvgIpc) is 3.03. The van der Waals surface area contributed by atoms with E-state index in [1.807, 2.05) is 0 Å². The maximum Gasteiger partial charge on any atom is 0.416 e. The molecule has 0 aliphatic carbocycles. The summed E-state index contributed by atoms with van der Waals surface area (Å²) in [6, 6.07) is 11.6. The first-order valence-electron chi connectivity index (χ1n) is 7.39. The van der Waals surface area contributed by atoms with Crippen molar-refractivity contribution in [3.8, 4) is 5.75 Å². The van der Waals surface area contributed by atoms with Gasteiger partial charge in [-0.2, -0.15) is 13.2 Å². The molecule has 25 heavy (non-hydrogen) atoms. The average molecular weight is 349 g/mol. The lowest BCUT2D eigenvalue weighted by Gasteiger charge is -2.09. The molecule has 0 bridgehead atoms. The molecule has 130 valence electrons. The van der Waals surface area contributed by atoms with Crippen molar-refractivity contribution in [1.82, 2.24) is 5.32 Å². The van der Waals surface area contributed by atoms with Gasteiger partial charge < -0.3 is 14.5 Å². The Morgan fingerprint density at radius 1 is 1.16 bits per heavy atom. The van der Waals surface area contributed by atoms with Gasteiger partial charge >= 0.3 is 6.18 Å². The molecule has 0 spiro atoms.